The number of hydrogen-bond acceptors (Lipinski definition) is 3. The minimum Gasteiger partial charge on any atom is -0.456 e. The van der Waals surface area contributed by atoms with Gasteiger partial charge in [-0.1, -0.05) is 152 Å². The zero-order chi connectivity index (χ0) is 45.0. The summed E-state index contributed by atoms with van der Waals surface area (Å²) in [5.41, 5.74) is 27.6. The number of hydrogen-bond donors (Lipinski definition) is 0. The van der Waals surface area contributed by atoms with Crippen LogP contribution in [0.25, 0.3) is 92.2 Å². The number of para-hydroxylation sites is 1. The standard InChI is InChI=1S/C64H49NOS/c1-34-30-37(33-51-55(34)47-27-29-53-58(60(47)64(51,6)7)46-17-10-12-18-52(46)66-53)65(35-20-22-39-43-25-24-42-38-14-8-9-16-41(38)56(42)59(43)63(4,5)49(39)31-35)36-21-23-45-50(32-36)62(2,3)48-28-26-44-40-15-11-13-19-54(40)67-61(44)57(45)48/h8-29,31-34H,30H2,1-7H3. The van der Waals surface area contributed by atoms with Gasteiger partial charge in [-0.05, 0) is 144 Å². The van der Waals surface area contributed by atoms with Gasteiger partial charge in [-0.15, -0.1) is 11.3 Å². The third kappa shape index (κ3) is 4.66. The van der Waals surface area contributed by atoms with Gasteiger partial charge in [-0.25, -0.2) is 0 Å². The fraction of sp³-hybridized carbons (Fsp3) is 0.188. The number of rotatable bonds is 3. The second-order valence-electron chi connectivity index (χ2n) is 21.6. The molecule has 15 rings (SSSR count). The zero-order valence-electron chi connectivity index (χ0n) is 39.0. The molecule has 1 unspecified atom stereocenters. The van der Waals surface area contributed by atoms with Crippen LogP contribution in [-0.4, -0.2) is 0 Å². The summed E-state index contributed by atoms with van der Waals surface area (Å²) in [4.78, 5) is 2.64. The van der Waals surface area contributed by atoms with E-state index in [1.807, 2.05) is 11.3 Å². The Balaban J connectivity index is 0.932. The lowest BCUT2D eigenvalue weighted by Gasteiger charge is -2.36. The van der Waals surface area contributed by atoms with E-state index in [1.165, 1.54) is 137 Å². The van der Waals surface area contributed by atoms with Crippen LogP contribution in [0, 0.1) is 5.92 Å². The van der Waals surface area contributed by atoms with Crippen molar-refractivity contribution in [2.75, 3.05) is 4.90 Å². The van der Waals surface area contributed by atoms with Gasteiger partial charge in [0.15, 0.2) is 0 Å². The molecule has 2 heterocycles. The van der Waals surface area contributed by atoms with E-state index < -0.39 is 0 Å². The topological polar surface area (TPSA) is 16.4 Å². The highest BCUT2D eigenvalue weighted by molar-refractivity contribution is 7.26. The summed E-state index contributed by atoms with van der Waals surface area (Å²) in [5.74, 6) is 0.305. The maximum atomic E-state index is 6.51. The van der Waals surface area contributed by atoms with Crippen molar-refractivity contribution in [3.8, 4) is 44.5 Å². The highest BCUT2D eigenvalue weighted by Gasteiger charge is 2.45. The Morgan fingerprint density at radius 3 is 2.00 bits per heavy atom. The summed E-state index contributed by atoms with van der Waals surface area (Å²) in [6.45, 7) is 17.1. The average molecular weight is 880 g/mol. The molecule has 5 aliphatic carbocycles. The Morgan fingerprint density at radius 2 is 1.18 bits per heavy atom. The number of benzene rings is 8. The molecule has 67 heavy (non-hydrogen) atoms. The minimum atomic E-state index is -0.237. The van der Waals surface area contributed by atoms with Crippen LogP contribution >= 0.6 is 11.3 Å². The van der Waals surface area contributed by atoms with Crippen molar-refractivity contribution < 1.29 is 4.42 Å². The van der Waals surface area contributed by atoms with Crippen LogP contribution in [0.3, 0.4) is 0 Å². The number of anilines is 2. The van der Waals surface area contributed by atoms with Crippen LogP contribution in [0.4, 0.5) is 11.4 Å². The average Bonchev–Trinajstić information content (AvgIpc) is 4.07. The van der Waals surface area contributed by atoms with Crippen molar-refractivity contribution in [1.29, 1.82) is 0 Å². The fourth-order valence-electron chi connectivity index (χ4n) is 13.9. The third-order valence-electron chi connectivity index (χ3n) is 17.0. The Morgan fingerprint density at radius 1 is 0.507 bits per heavy atom. The Hall–Kier alpha value is -6.94. The smallest absolute Gasteiger partial charge is 0.135 e. The molecule has 0 saturated carbocycles. The van der Waals surface area contributed by atoms with E-state index in [2.05, 4.69) is 205 Å². The summed E-state index contributed by atoms with van der Waals surface area (Å²) in [6.07, 6.45) is 3.51. The Kier molecular flexibility index (Phi) is 7.14. The van der Waals surface area contributed by atoms with Gasteiger partial charge in [-0.2, -0.15) is 0 Å². The lowest BCUT2D eigenvalue weighted by Crippen LogP contribution is -2.25. The molecule has 1 atom stereocenters. The molecule has 0 bridgehead atoms. The highest BCUT2D eigenvalue weighted by atomic mass is 32.1. The second-order valence-corrected chi connectivity index (χ2v) is 22.7. The summed E-state index contributed by atoms with van der Waals surface area (Å²) in [5, 5.41) is 5.18. The van der Waals surface area contributed by atoms with E-state index in [4.69, 9.17) is 4.42 Å². The molecule has 2 nitrogen and oxygen atoms in total. The van der Waals surface area contributed by atoms with E-state index in [0.717, 1.165) is 17.6 Å². The molecule has 0 amide bonds. The number of thiophene rings is 1. The molecule has 0 spiro atoms. The van der Waals surface area contributed by atoms with Gasteiger partial charge in [0.05, 0.1) is 0 Å². The fourth-order valence-corrected chi connectivity index (χ4v) is 15.2. The predicted octanol–water partition coefficient (Wildman–Crippen LogP) is 18.0. The Bertz CT molecular complexity index is 4010. The maximum absolute atomic E-state index is 6.51. The molecular weight excluding hydrogens is 831 g/mol. The van der Waals surface area contributed by atoms with Gasteiger partial charge in [-0.3, -0.25) is 0 Å². The minimum absolute atomic E-state index is 0.172. The molecule has 0 saturated heterocycles. The van der Waals surface area contributed by atoms with Crippen molar-refractivity contribution in [2.45, 2.75) is 71.1 Å². The molecule has 0 fully saturated rings. The maximum Gasteiger partial charge on any atom is 0.135 e. The molecular formula is C64H49NOS. The van der Waals surface area contributed by atoms with Crippen LogP contribution in [-0.2, 0) is 16.2 Å². The van der Waals surface area contributed by atoms with Crippen LogP contribution in [0.15, 0.2) is 167 Å². The monoisotopic (exact) mass is 879 g/mol. The SMILES string of the molecule is CC1CC(N(c2ccc3c(c2)C(C)(C)c2ccc4c(sc5ccccc54)c2-3)c2ccc3c(c2)C(C)(C)c2c-3ccc3c2-c2ccccc2-3)=CC2=C1c1ccc3oc4ccccc4c3c1C2(C)C. The Labute approximate surface area is 395 Å². The lowest BCUT2D eigenvalue weighted by atomic mass is 9.71. The van der Waals surface area contributed by atoms with Crippen molar-refractivity contribution >= 4 is 70.4 Å². The van der Waals surface area contributed by atoms with Gasteiger partial charge < -0.3 is 9.32 Å². The number of fused-ring (bicyclic) bond motifs is 21. The molecule has 0 aliphatic heterocycles. The number of allylic oxidation sites excluding steroid dienone is 4. The van der Waals surface area contributed by atoms with Crippen molar-refractivity contribution in [3.05, 3.63) is 196 Å². The first-order valence-corrected chi connectivity index (χ1v) is 24.9. The molecule has 322 valence electrons. The molecule has 8 aromatic carbocycles. The lowest BCUT2D eigenvalue weighted by molar-refractivity contribution is 0.636. The van der Waals surface area contributed by atoms with Crippen LogP contribution in [0.1, 0.15) is 88.3 Å². The van der Waals surface area contributed by atoms with E-state index in [9.17, 15) is 0 Å². The van der Waals surface area contributed by atoms with Gasteiger partial charge in [0, 0.05) is 69.8 Å². The second kappa shape index (κ2) is 12.5. The summed E-state index contributed by atoms with van der Waals surface area (Å²) in [6, 6.07) is 55.4. The van der Waals surface area contributed by atoms with Gasteiger partial charge in [0.1, 0.15) is 11.2 Å². The van der Waals surface area contributed by atoms with E-state index in [1.54, 1.807) is 0 Å². The van der Waals surface area contributed by atoms with Gasteiger partial charge in [0.2, 0.25) is 0 Å². The van der Waals surface area contributed by atoms with Crippen LogP contribution in [0.5, 0.6) is 0 Å². The zero-order valence-corrected chi connectivity index (χ0v) is 39.8. The quantitative estimate of drug-likeness (QED) is 0.176. The predicted molar refractivity (Wildman–Crippen MR) is 283 cm³/mol. The molecule has 2 aromatic heterocycles. The van der Waals surface area contributed by atoms with Gasteiger partial charge >= 0.3 is 0 Å². The molecule has 3 heteroatoms. The van der Waals surface area contributed by atoms with E-state index >= 15 is 0 Å². The molecule has 10 aromatic rings. The first kappa shape index (κ1) is 38.2. The van der Waals surface area contributed by atoms with Crippen LogP contribution in [0.2, 0.25) is 0 Å². The molecule has 0 radical (unpaired) electrons. The normalized spacial score (nSPS) is 18.3. The number of furan rings is 1. The summed E-state index contributed by atoms with van der Waals surface area (Å²) < 4.78 is 9.27. The van der Waals surface area contributed by atoms with E-state index in [-0.39, 0.29) is 16.2 Å². The first-order chi connectivity index (χ1) is 32.4. The summed E-state index contributed by atoms with van der Waals surface area (Å²) in [7, 11) is 0. The van der Waals surface area contributed by atoms with Crippen LogP contribution < -0.4 is 4.90 Å². The third-order valence-corrected chi connectivity index (χ3v) is 18.2. The van der Waals surface area contributed by atoms with Crippen molar-refractivity contribution in [1.82, 2.24) is 0 Å². The van der Waals surface area contributed by atoms with Gasteiger partial charge in [0.25, 0.3) is 0 Å². The van der Waals surface area contributed by atoms with Crippen molar-refractivity contribution in [2.24, 2.45) is 5.92 Å². The first-order valence-electron chi connectivity index (χ1n) is 24.1. The molecule has 0 N–H and O–H groups in total. The highest BCUT2D eigenvalue weighted by Crippen LogP contribution is 2.62. The van der Waals surface area contributed by atoms with Crippen molar-refractivity contribution in [3.63, 3.8) is 0 Å². The number of nitrogens with zero attached hydrogens (tertiary/aromatic N) is 1. The van der Waals surface area contributed by atoms with E-state index in [0.29, 0.717) is 5.92 Å². The largest absolute Gasteiger partial charge is 0.456 e. The summed E-state index contributed by atoms with van der Waals surface area (Å²) >= 11 is 1.94. The molecule has 5 aliphatic rings.